The Bertz CT molecular complexity index is 597. The molecule has 2 aliphatic rings. The molecule has 0 spiro atoms. The number of amides is 1. The smallest absolute Gasteiger partial charge is 0.241 e. The molecule has 1 saturated heterocycles. The Labute approximate surface area is 157 Å². The van der Waals surface area contributed by atoms with Gasteiger partial charge >= 0.3 is 0 Å². The average molecular weight is 360 g/mol. The summed E-state index contributed by atoms with van der Waals surface area (Å²) in [5.74, 6) is -0.0892. The molecule has 0 bridgehead atoms. The highest BCUT2D eigenvalue weighted by Crippen LogP contribution is 2.36. The number of carbonyl (C=O) groups is 1. The second kappa shape index (κ2) is 8.07. The molecule has 1 heterocycles. The first-order chi connectivity index (χ1) is 12.4. The van der Waals surface area contributed by atoms with E-state index >= 15 is 0 Å². The summed E-state index contributed by atoms with van der Waals surface area (Å²) in [5, 5.41) is 3.17. The Hall–Kier alpha value is -1.43. The minimum absolute atomic E-state index is 0.0331. The van der Waals surface area contributed by atoms with Gasteiger partial charge in [0.05, 0.1) is 12.2 Å². The Kier molecular flexibility index (Phi) is 6.00. The highest BCUT2D eigenvalue weighted by atomic mass is 16.5. The van der Waals surface area contributed by atoms with Crippen molar-refractivity contribution in [1.82, 2.24) is 10.2 Å². The fourth-order valence-electron chi connectivity index (χ4n) is 4.41. The normalized spacial score (nSPS) is 24.0. The van der Waals surface area contributed by atoms with E-state index in [-0.39, 0.29) is 17.0 Å². The van der Waals surface area contributed by atoms with Crippen molar-refractivity contribution in [2.75, 3.05) is 26.2 Å². The molecule has 5 heteroatoms. The molecule has 0 aromatic heterocycles. The zero-order valence-corrected chi connectivity index (χ0v) is 16.2. The molecular weight excluding hydrogens is 326 g/mol. The van der Waals surface area contributed by atoms with E-state index in [1.54, 1.807) is 0 Å². The Morgan fingerprint density at radius 1 is 1.23 bits per heavy atom. The van der Waals surface area contributed by atoms with Crippen LogP contribution < -0.4 is 11.1 Å². The van der Waals surface area contributed by atoms with Crippen LogP contribution in [0.5, 0.6) is 0 Å². The number of benzene rings is 1. The minimum Gasteiger partial charge on any atom is -0.373 e. The average Bonchev–Trinajstić information content (AvgIpc) is 2.66. The summed E-state index contributed by atoms with van der Waals surface area (Å²) in [6, 6.07) is 8.97. The molecule has 1 aliphatic carbocycles. The second-order valence-electron chi connectivity index (χ2n) is 8.42. The predicted molar refractivity (Wildman–Crippen MR) is 104 cm³/mol. The van der Waals surface area contributed by atoms with Crippen LogP contribution in [0.25, 0.3) is 0 Å². The maximum atomic E-state index is 12.7. The Morgan fingerprint density at radius 3 is 2.58 bits per heavy atom. The monoisotopic (exact) mass is 359 g/mol. The van der Waals surface area contributed by atoms with Crippen LogP contribution >= 0.6 is 0 Å². The topological polar surface area (TPSA) is 67.6 Å². The van der Waals surface area contributed by atoms with Gasteiger partial charge in [0.15, 0.2) is 0 Å². The predicted octanol–water partition coefficient (Wildman–Crippen LogP) is 2.62. The number of carbonyl (C=O) groups excluding carboxylic acids is 1. The molecule has 1 unspecified atom stereocenters. The van der Waals surface area contributed by atoms with Gasteiger partial charge in [0.1, 0.15) is 6.04 Å². The van der Waals surface area contributed by atoms with Gasteiger partial charge in [0.25, 0.3) is 0 Å². The third-order valence-corrected chi connectivity index (χ3v) is 5.91. The van der Waals surface area contributed by atoms with Crippen LogP contribution in [-0.2, 0) is 9.53 Å². The van der Waals surface area contributed by atoms with Crippen molar-refractivity contribution in [1.29, 1.82) is 0 Å². The summed E-state index contributed by atoms with van der Waals surface area (Å²) in [6.07, 6.45) is 5.98. The lowest BCUT2D eigenvalue weighted by Crippen LogP contribution is -2.63. The first kappa shape index (κ1) is 19.3. The summed E-state index contributed by atoms with van der Waals surface area (Å²) < 4.78 is 5.90. The van der Waals surface area contributed by atoms with Gasteiger partial charge in [0, 0.05) is 25.2 Å². The molecule has 3 rings (SSSR count). The third-order valence-electron chi connectivity index (χ3n) is 5.91. The zero-order chi connectivity index (χ0) is 18.6. The maximum Gasteiger partial charge on any atom is 0.241 e. The van der Waals surface area contributed by atoms with Crippen molar-refractivity contribution in [3.8, 4) is 0 Å². The summed E-state index contributed by atoms with van der Waals surface area (Å²) >= 11 is 0. The van der Waals surface area contributed by atoms with Crippen molar-refractivity contribution in [2.24, 2.45) is 5.73 Å². The SMILES string of the molecule is CC1(C)CN(C2(CNC(=O)C(N)c3ccccc3)CCCCC2)CCO1. The fourth-order valence-corrected chi connectivity index (χ4v) is 4.41. The van der Waals surface area contributed by atoms with Crippen molar-refractivity contribution in [2.45, 2.75) is 63.1 Å². The zero-order valence-electron chi connectivity index (χ0n) is 16.2. The van der Waals surface area contributed by atoms with E-state index in [1.165, 1.54) is 19.3 Å². The van der Waals surface area contributed by atoms with E-state index in [1.807, 2.05) is 30.3 Å². The highest BCUT2D eigenvalue weighted by Gasteiger charge is 2.42. The molecule has 26 heavy (non-hydrogen) atoms. The molecule has 1 saturated carbocycles. The van der Waals surface area contributed by atoms with Gasteiger partial charge < -0.3 is 15.8 Å². The number of ether oxygens (including phenoxy) is 1. The highest BCUT2D eigenvalue weighted by molar-refractivity contribution is 5.83. The van der Waals surface area contributed by atoms with Crippen LogP contribution in [0.3, 0.4) is 0 Å². The first-order valence-corrected chi connectivity index (χ1v) is 9.89. The summed E-state index contributed by atoms with van der Waals surface area (Å²) in [5.41, 5.74) is 6.93. The summed E-state index contributed by atoms with van der Waals surface area (Å²) in [4.78, 5) is 15.2. The molecule has 0 radical (unpaired) electrons. The second-order valence-corrected chi connectivity index (χ2v) is 8.42. The van der Waals surface area contributed by atoms with Crippen LogP contribution in [0.4, 0.5) is 0 Å². The number of rotatable bonds is 5. The number of nitrogens with zero attached hydrogens (tertiary/aromatic N) is 1. The number of morpholine rings is 1. The van der Waals surface area contributed by atoms with Crippen molar-refractivity contribution >= 4 is 5.91 Å². The van der Waals surface area contributed by atoms with Crippen molar-refractivity contribution in [3.05, 3.63) is 35.9 Å². The quantitative estimate of drug-likeness (QED) is 0.848. The van der Waals surface area contributed by atoms with Crippen molar-refractivity contribution in [3.63, 3.8) is 0 Å². The molecule has 5 nitrogen and oxygen atoms in total. The maximum absolute atomic E-state index is 12.7. The number of hydrogen-bond acceptors (Lipinski definition) is 4. The van der Waals surface area contributed by atoms with Gasteiger partial charge in [-0.3, -0.25) is 9.69 Å². The van der Waals surface area contributed by atoms with E-state index < -0.39 is 6.04 Å². The lowest BCUT2D eigenvalue weighted by molar-refractivity contribution is -0.130. The lowest BCUT2D eigenvalue weighted by atomic mass is 9.79. The molecule has 144 valence electrons. The van der Waals surface area contributed by atoms with E-state index in [0.29, 0.717) is 6.54 Å². The van der Waals surface area contributed by atoms with Crippen LogP contribution in [0.1, 0.15) is 57.6 Å². The minimum atomic E-state index is -0.613. The number of nitrogens with one attached hydrogen (secondary N) is 1. The van der Waals surface area contributed by atoms with Gasteiger partial charge in [0.2, 0.25) is 5.91 Å². The van der Waals surface area contributed by atoms with Gasteiger partial charge in [-0.25, -0.2) is 0 Å². The van der Waals surface area contributed by atoms with Gasteiger partial charge in [-0.1, -0.05) is 49.6 Å². The van der Waals surface area contributed by atoms with Crippen LogP contribution in [-0.4, -0.2) is 48.2 Å². The molecule has 2 fully saturated rings. The van der Waals surface area contributed by atoms with E-state index in [2.05, 4.69) is 24.1 Å². The summed E-state index contributed by atoms with van der Waals surface area (Å²) in [7, 11) is 0. The number of hydrogen-bond donors (Lipinski definition) is 2. The largest absolute Gasteiger partial charge is 0.373 e. The first-order valence-electron chi connectivity index (χ1n) is 9.89. The molecule has 1 aromatic carbocycles. The van der Waals surface area contributed by atoms with Crippen molar-refractivity contribution < 1.29 is 9.53 Å². The van der Waals surface area contributed by atoms with E-state index in [0.717, 1.165) is 38.1 Å². The molecule has 1 atom stereocenters. The van der Waals surface area contributed by atoms with E-state index in [9.17, 15) is 4.79 Å². The van der Waals surface area contributed by atoms with Gasteiger partial charge in [-0.15, -0.1) is 0 Å². The molecule has 3 N–H and O–H groups in total. The fraction of sp³-hybridized carbons (Fsp3) is 0.667. The molecule has 1 aliphatic heterocycles. The van der Waals surface area contributed by atoms with Crippen LogP contribution in [0.15, 0.2) is 30.3 Å². The van der Waals surface area contributed by atoms with Gasteiger partial charge in [-0.2, -0.15) is 0 Å². The molecule has 1 amide bonds. The molecule has 1 aromatic rings. The van der Waals surface area contributed by atoms with E-state index in [4.69, 9.17) is 10.5 Å². The lowest BCUT2D eigenvalue weighted by Gasteiger charge is -2.51. The van der Waals surface area contributed by atoms with Crippen LogP contribution in [0.2, 0.25) is 0 Å². The van der Waals surface area contributed by atoms with Gasteiger partial charge in [-0.05, 0) is 32.3 Å². The van der Waals surface area contributed by atoms with Crippen LogP contribution in [0, 0.1) is 0 Å². The Morgan fingerprint density at radius 2 is 1.92 bits per heavy atom. The summed E-state index contributed by atoms with van der Waals surface area (Å²) in [6.45, 7) is 7.57. The third kappa shape index (κ3) is 4.45. The molecular formula is C21H33N3O2. The Balaban J connectivity index is 1.68. The number of nitrogens with two attached hydrogens (primary N) is 1. The standard InChI is InChI=1S/C21H33N3O2/c1-20(2)16-24(13-14-26-20)21(11-7-4-8-12-21)15-23-19(25)18(22)17-9-5-3-6-10-17/h3,5-6,9-10,18H,4,7-8,11-16,22H2,1-2H3,(H,23,25).